The number of anilines is 2. The molecule has 0 aliphatic heterocycles. The monoisotopic (exact) mass is 232 g/mol. The Morgan fingerprint density at radius 2 is 2.06 bits per heavy atom. The second-order valence-corrected chi connectivity index (χ2v) is 4.03. The SMILES string of the molecule is Cc1ccc(N(C)c2nnc(CN)o2)c(C)c1. The van der Waals surface area contributed by atoms with Crippen molar-refractivity contribution in [2.75, 3.05) is 11.9 Å². The number of benzene rings is 1. The summed E-state index contributed by atoms with van der Waals surface area (Å²) in [6, 6.07) is 6.67. The molecular weight excluding hydrogens is 216 g/mol. The van der Waals surface area contributed by atoms with Gasteiger partial charge >= 0.3 is 6.01 Å². The van der Waals surface area contributed by atoms with E-state index in [2.05, 4.69) is 36.2 Å². The Kier molecular flexibility index (Phi) is 3.10. The second-order valence-electron chi connectivity index (χ2n) is 4.03. The standard InChI is InChI=1S/C12H16N4O/c1-8-4-5-10(9(2)6-8)16(3)12-15-14-11(7-13)17-12/h4-6H,7,13H2,1-3H3. The molecule has 17 heavy (non-hydrogen) atoms. The zero-order chi connectivity index (χ0) is 12.4. The van der Waals surface area contributed by atoms with E-state index in [9.17, 15) is 0 Å². The van der Waals surface area contributed by atoms with Crippen molar-refractivity contribution < 1.29 is 4.42 Å². The van der Waals surface area contributed by atoms with Gasteiger partial charge in [0.05, 0.1) is 6.54 Å². The lowest BCUT2D eigenvalue weighted by Crippen LogP contribution is -2.11. The van der Waals surface area contributed by atoms with Gasteiger partial charge in [0, 0.05) is 12.7 Å². The topological polar surface area (TPSA) is 68.2 Å². The van der Waals surface area contributed by atoms with Crippen LogP contribution in [0.15, 0.2) is 22.6 Å². The van der Waals surface area contributed by atoms with Crippen LogP contribution in [-0.4, -0.2) is 17.2 Å². The van der Waals surface area contributed by atoms with Crippen LogP contribution in [0.5, 0.6) is 0 Å². The van der Waals surface area contributed by atoms with Crippen molar-refractivity contribution in [3.05, 3.63) is 35.2 Å². The Morgan fingerprint density at radius 1 is 1.29 bits per heavy atom. The molecule has 2 aromatic rings. The maximum atomic E-state index is 5.44. The van der Waals surface area contributed by atoms with Crippen molar-refractivity contribution in [3.63, 3.8) is 0 Å². The highest BCUT2D eigenvalue weighted by molar-refractivity contribution is 5.60. The molecular formula is C12H16N4O. The van der Waals surface area contributed by atoms with Crippen molar-refractivity contribution in [3.8, 4) is 0 Å². The lowest BCUT2D eigenvalue weighted by atomic mass is 10.1. The zero-order valence-electron chi connectivity index (χ0n) is 10.3. The highest BCUT2D eigenvalue weighted by Crippen LogP contribution is 2.26. The summed E-state index contributed by atoms with van der Waals surface area (Å²) in [5, 5.41) is 7.80. The maximum Gasteiger partial charge on any atom is 0.322 e. The molecule has 0 spiro atoms. The van der Waals surface area contributed by atoms with Crippen LogP contribution in [-0.2, 0) is 6.54 Å². The van der Waals surface area contributed by atoms with Gasteiger partial charge in [0.15, 0.2) is 0 Å². The Labute approximate surface area is 100 Å². The largest absolute Gasteiger partial charge is 0.406 e. The third-order valence-corrected chi connectivity index (χ3v) is 2.63. The Morgan fingerprint density at radius 3 is 2.65 bits per heavy atom. The number of hydrogen-bond acceptors (Lipinski definition) is 5. The van der Waals surface area contributed by atoms with Gasteiger partial charge in [-0.15, -0.1) is 5.10 Å². The van der Waals surface area contributed by atoms with Crippen molar-refractivity contribution in [2.24, 2.45) is 5.73 Å². The van der Waals surface area contributed by atoms with Gasteiger partial charge in [-0.1, -0.05) is 22.8 Å². The Balaban J connectivity index is 2.33. The average Bonchev–Trinajstić information content (AvgIpc) is 2.76. The number of aryl methyl sites for hydroxylation is 2. The molecule has 0 saturated heterocycles. The summed E-state index contributed by atoms with van der Waals surface area (Å²) in [4.78, 5) is 1.86. The fourth-order valence-corrected chi connectivity index (χ4v) is 1.75. The van der Waals surface area contributed by atoms with Crippen LogP contribution in [0.3, 0.4) is 0 Å². The van der Waals surface area contributed by atoms with Gasteiger partial charge in [0.1, 0.15) is 0 Å². The molecule has 5 nitrogen and oxygen atoms in total. The summed E-state index contributed by atoms with van der Waals surface area (Å²) in [5.74, 6) is 0.441. The molecule has 0 atom stereocenters. The molecule has 1 heterocycles. The summed E-state index contributed by atoms with van der Waals surface area (Å²) in [7, 11) is 1.89. The predicted octanol–water partition coefficient (Wildman–Crippen LogP) is 1.91. The molecule has 0 bridgehead atoms. The van der Waals surface area contributed by atoms with Crippen molar-refractivity contribution >= 4 is 11.7 Å². The van der Waals surface area contributed by atoms with Crippen LogP contribution in [0.2, 0.25) is 0 Å². The van der Waals surface area contributed by atoms with E-state index in [0.29, 0.717) is 11.9 Å². The first-order valence-electron chi connectivity index (χ1n) is 5.45. The number of nitrogens with two attached hydrogens (primary N) is 1. The van der Waals surface area contributed by atoms with E-state index in [4.69, 9.17) is 10.2 Å². The molecule has 0 radical (unpaired) electrons. The summed E-state index contributed by atoms with van der Waals surface area (Å²) in [6.07, 6.45) is 0. The maximum absolute atomic E-state index is 5.44. The van der Waals surface area contributed by atoms with E-state index < -0.39 is 0 Å². The van der Waals surface area contributed by atoms with Gasteiger partial charge < -0.3 is 10.2 Å². The van der Waals surface area contributed by atoms with Crippen molar-refractivity contribution in [2.45, 2.75) is 20.4 Å². The van der Waals surface area contributed by atoms with Crippen LogP contribution in [0, 0.1) is 13.8 Å². The van der Waals surface area contributed by atoms with Gasteiger partial charge in [0.25, 0.3) is 0 Å². The number of hydrogen-bond donors (Lipinski definition) is 1. The average molecular weight is 232 g/mol. The fourth-order valence-electron chi connectivity index (χ4n) is 1.75. The lowest BCUT2D eigenvalue weighted by Gasteiger charge is -2.16. The molecule has 1 aromatic carbocycles. The Hall–Kier alpha value is -1.88. The lowest BCUT2D eigenvalue weighted by molar-refractivity contribution is 0.500. The van der Waals surface area contributed by atoms with E-state index in [1.54, 1.807) is 0 Å². The van der Waals surface area contributed by atoms with Gasteiger partial charge in [-0.3, -0.25) is 4.90 Å². The van der Waals surface area contributed by atoms with E-state index in [0.717, 1.165) is 5.69 Å². The van der Waals surface area contributed by atoms with Gasteiger partial charge in [-0.05, 0) is 25.5 Å². The van der Waals surface area contributed by atoms with E-state index in [1.807, 2.05) is 18.0 Å². The summed E-state index contributed by atoms with van der Waals surface area (Å²) in [6.45, 7) is 4.38. The highest BCUT2D eigenvalue weighted by atomic mass is 16.4. The van der Waals surface area contributed by atoms with E-state index in [1.165, 1.54) is 11.1 Å². The van der Waals surface area contributed by atoms with Gasteiger partial charge in [0.2, 0.25) is 5.89 Å². The quantitative estimate of drug-likeness (QED) is 0.875. The molecule has 90 valence electrons. The van der Waals surface area contributed by atoms with Crippen LogP contribution < -0.4 is 10.6 Å². The molecule has 2 rings (SSSR count). The van der Waals surface area contributed by atoms with Gasteiger partial charge in [-0.2, -0.15) is 0 Å². The van der Waals surface area contributed by atoms with Crippen molar-refractivity contribution in [1.29, 1.82) is 0 Å². The molecule has 0 saturated carbocycles. The molecule has 0 unspecified atom stereocenters. The molecule has 0 fully saturated rings. The zero-order valence-corrected chi connectivity index (χ0v) is 10.3. The first-order chi connectivity index (χ1) is 8.11. The summed E-state index contributed by atoms with van der Waals surface area (Å²) in [5.41, 5.74) is 8.88. The molecule has 0 amide bonds. The van der Waals surface area contributed by atoms with Crippen LogP contribution in [0.4, 0.5) is 11.7 Å². The molecule has 1 aromatic heterocycles. The minimum atomic E-state index is 0.258. The number of aromatic nitrogens is 2. The number of rotatable bonds is 3. The molecule has 0 aliphatic carbocycles. The minimum Gasteiger partial charge on any atom is -0.406 e. The van der Waals surface area contributed by atoms with E-state index >= 15 is 0 Å². The van der Waals surface area contributed by atoms with Crippen LogP contribution >= 0.6 is 0 Å². The summed E-state index contributed by atoms with van der Waals surface area (Å²) >= 11 is 0. The molecule has 2 N–H and O–H groups in total. The smallest absolute Gasteiger partial charge is 0.322 e. The summed E-state index contributed by atoms with van der Waals surface area (Å²) < 4.78 is 5.41. The van der Waals surface area contributed by atoms with Gasteiger partial charge in [-0.25, -0.2) is 0 Å². The third kappa shape index (κ3) is 2.29. The van der Waals surface area contributed by atoms with Crippen LogP contribution in [0.25, 0.3) is 0 Å². The second kappa shape index (κ2) is 4.55. The Bertz CT molecular complexity index is 521. The normalized spacial score (nSPS) is 10.6. The van der Waals surface area contributed by atoms with Crippen LogP contribution in [0.1, 0.15) is 17.0 Å². The predicted molar refractivity (Wildman–Crippen MR) is 66.2 cm³/mol. The third-order valence-electron chi connectivity index (χ3n) is 2.63. The molecule has 0 aliphatic rings. The fraction of sp³-hybridized carbons (Fsp3) is 0.333. The molecule has 5 heteroatoms. The highest BCUT2D eigenvalue weighted by Gasteiger charge is 2.13. The first-order valence-corrected chi connectivity index (χ1v) is 5.45. The minimum absolute atomic E-state index is 0.258. The first kappa shape index (κ1) is 11.6. The number of nitrogens with zero attached hydrogens (tertiary/aromatic N) is 3. The van der Waals surface area contributed by atoms with E-state index in [-0.39, 0.29) is 6.54 Å². The van der Waals surface area contributed by atoms with Crippen molar-refractivity contribution in [1.82, 2.24) is 10.2 Å².